The van der Waals surface area contributed by atoms with E-state index in [0.29, 0.717) is 12.5 Å². The Balaban J connectivity index is 2.53. The van der Waals surface area contributed by atoms with Gasteiger partial charge in [0.05, 0.1) is 5.54 Å². The molecule has 1 aromatic carbocycles. The molecule has 0 saturated heterocycles. The lowest BCUT2D eigenvalue weighted by molar-refractivity contribution is -0.126. The Morgan fingerprint density at radius 2 is 1.68 bits per heavy atom. The first-order chi connectivity index (χ1) is 8.85. The Bertz CT molecular complexity index is 407. The van der Waals surface area contributed by atoms with Gasteiger partial charge < -0.3 is 10.6 Å². The lowest BCUT2D eigenvalue weighted by Crippen LogP contribution is -2.50. The summed E-state index contributed by atoms with van der Waals surface area (Å²) in [7, 11) is 1.79. The van der Waals surface area contributed by atoms with E-state index in [9.17, 15) is 4.79 Å². The first-order valence-corrected chi connectivity index (χ1v) is 6.90. The molecule has 2 N–H and O–H groups in total. The fourth-order valence-electron chi connectivity index (χ4n) is 1.78. The molecule has 0 fully saturated rings. The highest BCUT2D eigenvalue weighted by Gasteiger charge is 2.24. The van der Waals surface area contributed by atoms with Crippen LogP contribution in [0.2, 0.25) is 0 Å². The van der Waals surface area contributed by atoms with E-state index in [1.165, 1.54) is 5.56 Å². The van der Waals surface area contributed by atoms with Gasteiger partial charge in [-0.25, -0.2) is 0 Å². The molecule has 0 spiro atoms. The number of hydrogen-bond acceptors (Lipinski definition) is 2. The molecular formula is C16H26N2O. The van der Waals surface area contributed by atoms with Gasteiger partial charge in [-0.15, -0.1) is 0 Å². The highest BCUT2D eigenvalue weighted by molar-refractivity contribution is 5.85. The number of hydrogen-bond donors (Lipinski definition) is 2. The molecule has 0 atom stereocenters. The van der Waals surface area contributed by atoms with Gasteiger partial charge in [-0.05, 0) is 44.4 Å². The van der Waals surface area contributed by atoms with Crippen LogP contribution in [0.3, 0.4) is 0 Å². The van der Waals surface area contributed by atoms with Crippen molar-refractivity contribution in [1.82, 2.24) is 10.6 Å². The minimum atomic E-state index is -0.530. The second kappa shape index (κ2) is 6.71. The van der Waals surface area contributed by atoms with Crippen molar-refractivity contribution in [3.05, 3.63) is 35.4 Å². The second-order valence-electron chi connectivity index (χ2n) is 5.97. The van der Waals surface area contributed by atoms with Crippen molar-refractivity contribution in [2.75, 3.05) is 7.05 Å². The van der Waals surface area contributed by atoms with Gasteiger partial charge in [0.1, 0.15) is 0 Å². The molecule has 3 heteroatoms. The molecule has 3 nitrogen and oxygen atoms in total. The maximum Gasteiger partial charge on any atom is 0.239 e. The monoisotopic (exact) mass is 262 g/mol. The van der Waals surface area contributed by atoms with E-state index >= 15 is 0 Å². The van der Waals surface area contributed by atoms with Gasteiger partial charge in [0.25, 0.3) is 0 Å². The van der Waals surface area contributed by atoms with Gasteiger partial charge in [-0.2, -0.15) is 0 Å². The largest absolute Gasteiger partial charge is 0.350 e. The molecule has 106 valence electrons. The zero-order valence-corrected chi connectivity index (χ0v) is 12.7. The fourth-order valence-corrected chi connectivity index (χ4v) is 1.78. The molecule has 1 rings (SSSR count). The maximum absolute atomic E-state index is 11.9. The summed E-state index contributed by atoms with van der Waals surface area (Å²) in [4.78, 5) is 11.9. The van der Waals surface area contributed by atoms with Crippen LogP contribution in [0.1, 0.15) is 38.8 Å². The number of likely N-dealkylation sites (N-methyl/N-ethyl adjacent to an activating group) is 1. The Kier molecular flexibility index (Phi) is 5.55. The summed E-state index contributed by atoms with van der Waals surface area (Å²) in [6, 6.07) is 8.46. The van der Waals surface area contributed by atoms with Gasteiger partial charge in [0.2, 0.25) is 5.91 Å². The molecule has 0 aliphatic rings. The number of amides is 1. The summed E-state index contributed by atoms with van der Waals surface area (Å²) in [5, 5.41) is 5.94. The third kappa shape index (κ3) is 5.03. The van der Waals surface area contributed by atoms with E-state index < -0.39 is 5.54 Å². The van der Waals surface area contributed by atoms with Crippen molar-refractivity contribution in [2.24, 2.45) is 5.92 Å². The number of carbonyl (C=O) groups is 1. The first kappa shape index (κ1) is 15.7. The summed E-state index contributed by atoms with van der Waals surface area (Å²) in [6.07, 6.45) is 1.10. The average Bonchev–Trinajstić information content (AvgIpc) is 2.36. The third-order valence-electron chi connectivity index (χ3n) is 3.31. The Morgan fingerprint density at radius 3 is 2.16 bits per heavy atom. The quantitative estimate of drug-likeness (QED) is 0.827. The molecule has 19 heavy (non-hydrogen) atoms. The van der Waals surface area contributed by atoms with Crippen LogP contribution in [0.5, 0.6) is 0 Å². The van der Waals surface area contributed by atoms with Crippen molar-refractivity contribution in [2.45, 2.75) is 46.2 Å². The number of nitrogens with one attached hydrogen (secondary N) is 2. The van der Waals surface area contributed by atoms with Crippen molar-refractivity contribution in [3.63, 3.8) is 0 Å². The van der Waals surface area contributed by atoms with Crippen molar-refractivity contribution < 1.29 is 4.79 Å². The minimum absolute atomic E-state index is 0.0151. The average molecular weight is 262 g/mol. The standard InChI is InChI=1S/C16H26N2O/c1-12(2)10-13-6-8-14(9-7-13)11-18-15(19)16(3,4)17-5/h6-9,12,17H,10-11H2,1-5H3,(H,18,19). The van der Waals surface area contributed by atoms with Gasteiger partial charge in [0, 0.05) is 6.54 Å². The van der Waals surface area contributed by atoms with Crippen molar-refractivity contribution >= 4 is 5.91 Å². The summed E-state index contributed by atoms with van der Waals surface area (Å²) in [5.41, 5.74) is 1.95. The molecule has 0 heterocycles. The van der Waals surface area contributed by atoms with Gasteiger partial charge in [0.15, 0.2) is 0 Å². The lowest BCUT2D eigenvalue weighted by atomic mass is 10.0. The van der Waals surface area contributed by atoms with Gasteiger partial charge in [-0.3, -0.25) is 4.79 Å². The van der Waals surface area contributed by atoms with E-state index in [-0.39, 0.29) is 5.91 Å². The Hall–Kier alpha value is -1.35. The summed E-state index contributed by atoms with van der Waals surface area (Å²) in [6.45, 7) is 8.75. The van der Waals surface area contributed by atoms with Crippen molar-refractivity contribution in [1.29, 1.82) is 0 Å². The minimum Gasteiger partial charge on any atom is -0.350 e. The van der Waals surface area contributed by atoms with E-state index in [1.807, 2.05) is 13.8 Å². The molecule has 0 radical (unpaired) electrons. The van der Waals surface area contributed by atoms with Gasteiger partial charge >= 0.3 is 0 Å². The van der Waals surface area contributed by atoms with Crippen LogP contribution in [0.25, 0.3) is 0 Å². The van der Waals surface area contributed by atoms with Gasteiger partial charge in [-0.1, -0.05) is 38.1 Å². The SMILES string of the molecule is CNC(C)(C)C(=O)NCc1ccc(CC(C)C)cc1. The maximum atomic E-state index is 11.9. The van der Waals surface area contributed by atoms with Crippen LogP contribution >= 0.6 is 0 Å². The van der Waals surface area contributed by atoms with Crippen LogP contribution < -0.4 is 10.6 Å². The topological polar surface area (TPSA) is 41.1 Å². The van der Waals surface area contributed by atoms with E-state index in [4.69, 9.17) is 0 Å². The van der Waals surface area contributed by atoms with Crippen molar-refractivity contribution in [3.8, 4) is 0 Å². The molecule has 0 bridgehead atoms. The fraction of sp³-hybridized carbons (Fsp3) is 0.562. The van der Waals surface area contributed by atoms with Crippen LogP contribution in [0.4, 0.5) is 0 Å². The lowest BCUT2D eigenvalue weighted by Gasteiger charge is -2.22. The highest BCUT2D eigenvalue weighted by atomic mass is 16.2. The predicted octanol–water partition coefficient (Wildman–Crippen LogP) is 2.50. The molecule has 1 aromatic rings. The zero-order valence-electron chi connectivity index (χ0n) is 12.7. The van der Waals surface area contributed by atoms with E-state index in [0.717, 1.165) is 12.0 Å². The number of carbonyl (C=O) groups excluding carboxylic acids is 1. The summed E-state index contributed by atoms with van der Waals surface area (Å²) < 4.78 is 0. The Morgan fingerprint density at radius 1 is 1.16 bits per heavy atom. The molecule has 0 unspecified atom stereocenters. The van der Waals surface area contributed by atoms with E-state index in [2.05, 4.69) is 48.7 Å². The molecule has 0 saturated carbocycles. The highest BCUT2D eigenvalue weighted by Crippen LogP contribution is 2.10. The first-order valence-electron chi connectivity index (χ1n) is 6.90. The van der Waals surface area contributed by atoms with Crippen LogP contribution in [-0.2, 0) is 17.8 Å². The number of benzene rings is 1. The predicted molar refractivity (Wildman–Crippen MR) is 80.0 cm³/mol. The molecule has 0 aromatic heterocycles. The molecule has 1 amide bonds. The smallest absolute Gasteiger partial charge is 0.239 e. The number of rotatable bonds is 6. The normalized spacial score (nSPS) is 11.7. The zero-order chi connectivity index (χ0) is 14.5. The van der Waals surface area contributed by atoms with Crippen LogP contribution in [-0.4, -0.2) is 18.5 Å². The third-order valence-corrected chi connectivity index (χ3v) is 3.31. The summed E-state index contributed by atoms with van der Waals surface area (Å²) >= 11 is 0. The Labute approximate surface area is 116 Å². The molecule has 0 aliphatic heterocycles. The molecular weight excluding hydrogens is 236 g/mol. The van der Waals surface area contributed by atoms with Crippen LogP contribution in [0.15, 0.2) is 24.3 Å². The summed E-state index contributed by atoms with van der Waals surface area (Å²) in [5.74, 6) is 0.684. The second-order valence-corrected chi connectivity index (χ2v) is 5.97. The van der Waals surface area contributed by atoms with E-state index in [1.54, 1.807) is 7.05 Å². The van der Waals surface area contributed by atoms with Crippen LogP contribution in [0, 0.1) is 5.92 Å². The molecule has 0 aliphatic carbocycles.